The topological polar surface area (TPSA) is 153 Å². The molecule has 0 bridgehead atoms. The normalized spacial score (nSPS) is 17.2. The number of carboxylic acid groups (broad SMARTS) is 1. The third kappa shape index (κ3) is 5.44. The van der Waals surface area contributed by atoms with Crippen molar-refractivity contribution in [2.45, 2.75) is 45.3 Å². The second-order valence-electron chi connectivity index (χ2n) is 8.63. The first-order valence-corrected chi connectivity index (χ1v) is 11.7. The van der Waals surface area contributed by atoms with E-state index in [1.54, 1.807) is 25.1 Å². The number of methoxy groups -OCH3 is 1. The van der Waals surface area contributed by atoms with Crippen LogP contribution in [0.1, 0.15) is 64.4 Å². The molecule has 1 heterocycles. The molecule has 0 spiro atoms. The molecule has 10 heteroatoms. The number of nitrogens with one attached hydrogen (secondary N) is 1. The maximum absolute atomic E-state index is 12.8. The van der Waals surface area contributed by atoms with E-state index in [2.05, 4.69) is 10.3 Å². The minimum Gasteiger partial charge on any atom is -0.493 e. The molecule has 1 amide bonds. The molecule has 0 aliphatic heterocycles. The summed E-state index contributed by atoms with van der Waals surface area (Å²) in [4.78, 5) is 29.1. The van der Waals surface area contributed by atoms with Crippen molar-refractivity contribution in [2.24, 2.45) is 0 Å². The molecule has 36 heavy (non-hydrogen) atoms. The summed E-state index contributed by atoms with van der Waals surface area (Å²) in [5.74, 6) is -0.653. The Bertz CT molecular complexity index is 1160. The number of pyridine rings is 1. The molecule has 1 aromatic carbocycles. The van der Waals surface area contributed by atoms with Gasteiger partial charge in [0.05, 0.1) is 37.4 Å². The molecule has 2 atom stereocenters. The van der Waals surface area contributed by atoms with Gasteiger partial charge in [0.15, 0.2) is 11.5 Å². The number of amides is 1. The molecular formula is C26H33N3O7. The Morgan fingerprint density at radius 3 is 2.69 bits per heavy atom. The van der Waals surface area contributed by atoms with E-state index in [4.69, 9.17) is 25.1 Å². The van der Waals surface area contributed by atoms with Gasteiger partial charge in [0.2, 0.25) is 0 Å². The molecule has 3 rings (SSSR count). The first kappa shape index (κ1) is 27.0. The number of aromatic nitrogens is 1. The molecule has 10 nitrogen and oxygen atoms in total. The average Bonchev–Trinajstić information content (AvgIpc) is 2.85. The summed E-state index contributed by atoms with van der Waals surface area (Å²) in [6, 6.07) is 4.41. The molecule has 0 radical (unpaired) electrons. The molecule has 1 aliphatic rings. The molecule has 1 aliphatic carbocycles. The zero-order valence-electron chi connectivity index (χ0n) is 21.0. The van der Waals surface area contributed by atoms with Crippen LogP contribution in [0.4, 0.5) is 5.69 Å². The lowest BCUT2D eigenvalue weighted by Gasteiger charge is -2.38. The third-order valence-electron chi connectivity index (χ3n) is 6.17. The van der Waals surface area contributed by atoms with Crippen molar-refractivity contribution < 1.29 is 34.0 Å². The summed E-state index contributed by atoms with van der Waals surface area (Å²) < 4.78 is 17.1. The Balaban J connectivity index is 1.76. The maximum Gasteiger partial charge on any atom is 0.339 e. The second-order valence-corrected chi connectivity index (χ2v) is 8.63. The van der Waals surface area contributed by atoms with E-state index in [1.165, 1.54) is 7.11 Å². The number of carbonyl (C=O) groups excluding carboxylic acids is 1. The number of hydrogen-bond acceptors (Lipinski definition) is 8. The number of aliphatic hydroxyl groups excluding tert-OH is 1. The third-order valence-corrected chi connectivity index (χ3v) is 6.17. The lowest BCUT2D eigenvalue weighted by molar-refractivity contribution is -0.0591. The van der Waals surface area contributed by atoms with Crippen molar-refractivity contribution >= 4 is 23.6 Å². The minimum absolute atomic E-state index is 0.0211. The van der Waals surface area contributed by atoms with E-state index in [1.807, 2.05) is 26.0 Å². The largest absolute Gasteiger partial charge is 0.493 e. The fourth-order valence-electron chi connectivity index (χ4n) is 4.35. The van der Waals surface area contributed by atoms with Crippen molar-refractivity contribution in [3.05, 3.63) is 52.4 Å². The zero-order chi connectivity index (χ0) is 26.5. The predicted octanol–water partition coefficient (Wildman–Crippen LogP) is 2.91. The molecule has 2 aromatic rings. The van der Waals surface area contributed by atoms with Crippen LogP contribution in [-0.4, -0.2) is 60.0 Å². The number of nitrogens with two attached hydrogens (primary N) is 1. The number of benzene rings is 1. The number of ether oxygens (including phenoxy) is 3. The quantitative estimate of drug-likeness (QED) is 0.365. The fraction of sp³-hybridized carbons (Fsp3) is 0.423. The molecule has 194 valence electrons. The van der Waals surface area contributed by atoms with Crippen LogP contribution in [0.5, 0.6) is 11.5 Å². The van der Waals surface area contributed by atoms with Gasteiger partial charge in [-0.05, 0) is 51.0 Å². The number of nitrogens with zero attached hydrogens (tertiary/aromatic N) is 1. The van der Waals surface area contributed by atoms with Crippen LogP contribution in [-0.2, 0) is 10.3 Å². The number of aliphatic hydroxyl groups is 1. The Hall–Kier alpha value is -3.63. The lowest BCUT2D eigenvalue weighted by Crippen LogP contribution is -2.41. The highest BCUT2D eigenvalue weighted by Crippen LogP contribution is 2.43. The second kappa shape index (κ2) is 11.4. The van der Waals surface area contributed by atoms with Gasteiger partial charge >= 0.3 is 5.97 Å². The van der Waals surface area contributed by atoms with Gasteiger partial charge in [0, 0.05) is 17.2 Å². The van der Waals surface area contributed by atoms with E-state index in [9.17, 15) is 14.7 Å². The summed E-state index contributed by atoms with van der Waals surface area (Å²) in [6.07, 6.45) is 4.80. The number of carbonyl (C=O) groups is 2. The number of anilines is 1. The molecule has 0 saturated heterocycles. The first-order chi connectivity index (χ1) is 17.2. The van der Waals surface area contributed by atoms with Crippen molar-refractivity contribution in [1.29, 1.82) is 0 Å². The van der Waals surface area contributed by atoms with Crippen LogP contribution >= 0.6 is 0 Å². The predicted molar refractivity (Wildman–Crippen MR) is 134 cm³/mol. The summed E-state index contributed by atoms with van der Waals surface area (Å²) in [6.45, 7) is 5.52. The average molecular weight is 500 g/mol. The summed E-state index contributed by atoms with van der Waals surface area (Å²) in [7, 11) is 1.47. The van der Waals surface area contributed by atoms with Crippen LogP contribution in [0.3, 0.4) is 0 Å². The zero-order valence-corrected chi connectivity index (χ0v) is 21.0. The van der Waals surface area contributed by atoms with Gasteiger partial charge in [0.1, 0.15) is 17.8 Å². The number of carboxylic acids is 1. The molecule has 0 fully saturated rings. The Morgan fingerprint density at radius 2 is 2.06 bits per heavy atom. The van der Waals surface area contributed by atoms with Crippen molar-refractivity contribution in [3.8, 4) is 11.5 Å². The van der Waals surface area contributed by atoms with E-state index < -0.39 is 11.6 Å². The van der Waals surface area contributed by atoms with Crippen LogP contribution in [0.15, 0.2) is 24.3 Å². The monoisotopic (exact) mass is 499 g/mol. The summed E-state index contributed by atoms with van der Waals surface area (Å²) >= 11 is 0. The molecular weight excluding hydrogens is 466 g/mol. The highest BCUT2D eigenvalue weighted by atomic mass is 16.5. The smallest absolute Gasteiger partial charge is 0.339 e. The van der Waals surface area contributed by atoms with Crippen molar-refractivity contribution in [3.63, 3.8) is 0 Å². The SMILES string of the molecule is CCC1(OCC(C)NC(=O)c2ccc(OCCO)c(OC)c2)CC=Cc2nc(C)c(C(=O)O)c(N)c21. The number of aromatic carboxylic acids is 1. The number of rotatable bonds is 11. The Morgan fingerprint density at radius 1 is 1.31 bits per heavy atom. The van der Waals surface area contributed by atoms with E-state index in [-0.39, 0.29) is 43.0 Å². The fourth-order valence-corrected chi connectivity index (χ4v) is 4.35. The van der Waals surface area contributed by atoms with E-state index in [0.717, 1.165) is 0 Å². The minimum atomic E-state index is -1.14. The number of nitrogen functional groups attached to an aromatic ring is 1. The summed E-state index contributed by atoms with van der Waals surface area (Å²) in [5, 5.41) is 21.5. The van der Waals surface area contributed by atoms with Crippen LogP contribution in [0, 0.1) is 6.92 Å². The van der Waals surface area contributed by atoms with Gasteiger partial charge in [0.25, 0.3) is 5.91 Å². The van der Waals surface area contributed by atoms with Crippen molar-refractivity contribution in [1.82, 2.24) is 10.3 Å². The number of aryl methyl sites for hydroxylation is 1. The van der Waals surface area contributed by atoms with Crippen LogP contribution in [0.2, 0.25) is 0 Å². The van der Waals surface area contributed by atoms with Crippen LogP contribution in [0.25, 0.3) is 6.08 Å². The Kier molecular flexibility index (Phi) is 8.54. The van der Waals surface area contributed by atoms with E-state index in [0.29, 0.717) is 46.9 Å². The summed E-state index contributed by atoms with van der Waals surface area (Å²) in [5.41, 5.74) is 7.50. The Labute approximate surface area is 210 Å². The lowest BCUT2D eigenvalue weighted by atomic mass is 9.80. The van der Waals surface area contributed by atoms with Crippen molar-refractivity contribution in [2.75, 3.05) is 32.7 Å². The van der Waals surface area contributed by atoms with Crippen LogP contribution < -0.4 is 20.5 Å². The maximum atomic E-state index is 12.8. The van der Waals surface area contributed by atoms with Gasteiger partial charge in [-0.2, -0.15) is 0 Å². The molecule has 2 unspecified atom stereocenters. The van der Waals surface area contributed by atoms with E-state index >= 15 is 0 Å². The molecule has 1 aromatic heterocycles. The van der Waals surface area contributed by atoms with Gasteiger partial charge in [-0.25, -0.2) is 4.79 Å². The number of fused-ring (bicyclic) bond motifs is 1. The standard InChI is InChI=1S/C26H33N3O7/c1-5-26(10-6-7-18-22(26)23(27)21(25(32)33)16(3)29-18)36-14-15(2)28-24(31)17-8-9-19(35-12-11-30)20(13-17)34-4/h6-9,13,15,30H,5,10-12,14H2,1-4H3,(H2,27,29)(H,28,31)(H,32,33). The highest BCUT2D eigenvalue weighted by Gasteiger charge is 2.39. The molecule has 0 saturated carbocycles. The van der Waals surface area contributed by atoms with Gasteiger partial charge < -0.3 is 35.5 Å². The first-order valence-electron chi connectivity index (χ1n) is 11.7. The highest BCUT2D eigenvalue weighted by molar-refractivity contribution is 5.96. The van der Waals surface area contributed by atoms with Gasteiger partial charge in [-0.1, -0.05) is 13.0 Å². The van der Waals surface area contributed by atoms with Gasteiger partial charge in [-0.3, -0.25) is 9.78 Å². The molecule has 5 N–H and O–H groups in total. The van der Waals surface area contributed by atoms with Gasteiger partial charge in [-0.15, -0.1) is 0 Å². The number of hydrogen-bond donors (Lipinski definition) is 4.